The first-order valence-corrected chi connectivity index (χ1v) is 6.44. The molecule has 3 rings (SSSR count). The molecule has 17 heavy (non-hydrogen) atoms. The standard InChI is InChI=1S/C16H17N/c1-4-11-16-13(6-1)7-5-8-14(16)12-17-15-9-2-3-10-15/h1,4-8,11-12,15H,2-3,9-10H2. The molecule has 0 amide bonds. The van der Waals surface area contributed by atoms with Crippen molar-refractivity contribution >= 4 is 17.0 Å². The van der Waals surface area contributed by atoms with Crippen molar-refractivity contribution in [2.75, 3.05) is 0 Å². The predicted octanol–water partition coefficient (Wildman–Crippen LogP) is 4.20. The molecule has 0 aliphatic heterocycles. The van der Waals surface area contributed by atoms with Crippen molar-refractivity contribution in [3.8, 4) is 0 Å². The Morgan fingerprint density at radius 2 is 1.71 bits per heavy atom. The summed E-state index contributed by atoms with van der Waals surface area (Å²) in [5, 5.41) is 2.60. The number of hydrogen-bond donors (Lipinski definition) is 0. The Morgan fingerprint density at radius 3 is 2.59 bits per heavy atom. The molecule has 1 nitrogen and oxygen atoms in total. The Balaban J connectivity index is 1.94. The maximum absolute atomic E-state index is 4.72. The number of nitrogens with zero attached hydrogens (tertiary/aromatic N) is 1. The lowest BCUT2D eigenvalue weighted by Gasteiger charge is -2.03. The highest BCUT2D eigenvalue weighted by atomic mass is 14.8. The van der Waals surface area contributed by atoms with Crippen molar-refractivity contribution < 1.29 is 0 Å². The molecule has 1 heteroatoms. The Hall–Kier alpha value is -1.63. The summed E-state index contributed by atoms with van der Waals surface area (Å²) in [7, 11) is 0. The van der Waals surface area contributed by atoms with Crippen LogP contribution in [0.15, 0.2) is 47.5 Å². The van der Waals surface area contributed by atoms with Crippen LogP contribution >= 0.6 is 0 Å². The molecule has 0 atom stereocenters. The van der Waals surface area contributed by atoms with Gasteiger partial charge in [-0.05, 0) is 23.6 Å². The third kappa shape index (κ3) is 2.23. The fourth-order valence-corrected chi connectivity index (χ4v) is 2.60. The molecule has 1 aliphatic carbocycles. The van der Waals surface area contributed by atoms with Gasteiger partial charge < -0.3 is 0 Å². The maximum Gasteiger partial charge on any atom is 0.0499 e. The van der Waals surface area contributed by atoms with Crippen LogP contribution in [0.3, 0.4) is 0 Å². The number of rotatable bonds is 2. The molecule has 0 unspecified atom stereocenters. The van der Waals surface area contributed by atoms with Crippen LogP contribution in [0.2, 0.25) is 0 Å². The number of fused-ring (bicyclic) bond motifs is 1. The summed E-state index contributed by atoms with van der Waals surface area (Å²) in [6.45, 7) is 0. The van der Waals surface area contributed by atoms with Gasteiger partial charge in [0.05, 0.1) is 0 Å². The average Bonchev–Trinajstić information content (AvgIpc) is 2.89. The zero-order chi connectivity index (χ0) is 11.5. The van der Waals surface area contributed by atoms with Gasteiger partial charge in [0.15, 0.2) is 0 Å². The van der Waals surface area contributed by atoms with Crippen molar-refractivity contribution in [1.82, 2.24) is 0 Å². The molecular weight excluding hydrogens is 206 g/mol. The topological polar surface area (TPSA) is 12.4 Å². The molecule has 0 bridgehead atoms. The van der Waals surface area contributed by atoms with E-state index in [-0.39, 0.29) is 0 Å². The van der Waals surface area contributed by atoms with Crippen LogP contribution in [0.25, 0.3) is 10.8 Å². The minimum Gasteiger partial charge on any atom is -0.289 e. The quantitative estimate of drug-likeness (QED) is 0.676. The van der Waals surface area contributed by atoms with Crippen LogP contribution in [0.1, 0.15) is 31.2 Å². The van der Waals surface area contributed by atoms with E-state index in [0.29, 0.717) is 6.04 Å². The fourth-order valence-electron chi connectivity index (χ4n) is 2.60. The van der Waals surface area contributed by atoms with E-state index in [4.69, 9.17) is 4.99 Å². The lowest BCUT2D eigenvalue weighted by atomic mass is 10.1. The Bertz CT molecular complexity index is 531. The van der Waals surface area contributed by atoms with E-state index < -0.39 is 0 Å². The molecule has 0 spiro atoms. The van der Waals surface area contributed by atoms with Crippen LogP contribution in [-0.4, -0.2) is 12.3 Å². The summed E-state index contributed by atoms with van der Waals surface area (Å²) in [5.41, 5.74) is 1.25. The minimum absolute atomic E-state index is 0.564. The van der Waals surface area contributed by atoms with Crippen molar-refractivity contribution in [2.45, 2.75) is 31.7 Å². The van der Waals surface area contributed by atoms with Crippen LogP contribution in [0.4, 0.5) is 0 Å². The van der Waals surface area contributed by atoms with Crippen molar-refractivity contribution in [1.29, 1.82) is 0 Å². The van der Waals surface area contributed by atoms with Crippen LogP contribution in [0.5, 0.6) is 0 Å². The van der Waals surface area contributed by atoms with E-state index in [0.717, 1.165) is 0 Å². The molecule has 2 aromatic rings. The second-order valence-corrected chi connectivity index (χ2v) is 4.78. The third-order valence-electron chi connectivity index (χ3n) is 3.57. The van der Waals surface area contributed by atoms with Gasteiger partial charge in [-0.2, -0.15) is 0 Å². The van der Waals surface area contributed by atoms with Gasteiger partial charge in [0.1, 0.15) is 0 Å². The van der Waals surface area contributed by atoms with Gasteiger partial charge in [-0.15, -0.1) is 0 Å². The summed E-state index contributed by atoms with van der Waals surface area (Å²) in [5.74, 6) is 0. The summed E-state index contributed by atoms with van der Waals surface area (Å²) in [4.78, 5) is 4.72. The Labute approximate surface area is 102 Å². The lowest BCUT2D eigenvalue weighted by Crippen LogP contribution is -1.96. The smallest absolute Gasteiger partial charge is 0.0499 e. The first-order valence-electron chi connectivity index (χ1n) is 6.44. The molecule has 1 aliphatic rings. The van der Waals surface area contributed by atoms with Gasteiger partial charge >= 0.3 is 0 Å². The van der Waals surface area contributed by atoms with Crippen LogP contribution in [0, 0.1) is 0 Å². The second-order valence-electron chi connectivity index (χ2n) is 4.78. The molecule has 0 saturated heterocycles. The van der Waals surface area contributed by atoms with Gasteiger partial charge in [-0.3, -0.25) is 4.99 Å². The molecule has 0 radical (unpaired) electrons. The molecular formula is C16H17N. The van der Waals surface area contributed by atoms with Gasteiger partial charge in [0.2, 0.25) is 0 Å². The molecule has 1 fully saturated rings. The second kappa shape index (κ2) is 4.70. The summed E-state index contributed by atoms with van der Waals surface area (Å²) in [6, 6.07) is 15.5. The fraction of sp³-hybridized carbons (Fsp3) is 0.312. The Morgan fingerprint density at radius 1 is 0.941 bits per heavy atom. The van der Waals surface area contributed by atoms with Gasteiger partial charge in [0.25, 0.3) is 0 Å². The van der Waals surface area contributed by atoms with Gasteiger partial charge in [0, 0.05) is 17.8 Å². The van der Waals surface area contributed by atoms with E-state index in [9.17, 15) is 0 Å². The van der Waals surface area contributed by atoms with E-state index in [1.54, 1.807) is 0 Å². The number of benzene rings is 2. The third-order valence-corrected chi connectivity index (χ3v) is 3.57. The molecule has 1 saturated carbocycles. The van der Waals surface area contributed by atoms with Gasteiger partial charge in [-0.1, -0.05) is 55.3 Å². The highest BCUT2D eigenvalue weighted by Gasteiger charge is 2.12. The molecule has 0 aromatic heterocycles. The number of aliphatic imine (C=N–C) groups is 1. The van der Waals surface area contributed by atoms with Crippen molar-refractivity contribution in [3.05, 3.63) is 48.0 Å². The van der Waals surface area contributed by atoms with Crippen molar-refractivity contribution in [2.24, 2.45) is 4.99 Å². The number of hydrogen-bond acceptors (Lipinski definition) is 1. The van der Waals surface area contributed by atoms with E-state index in [2.05, 4.69) is 48.7 Å². The SMILES string of the molecule is C(=NC1CCCC1)c1cccc2ccccc12. The van der Waals surface area contributed by atoms with E-state index in [1.807, 2.05) is 0 Å². The van der Waals surface area contributed by atoms with E-state index in [1.165, 1.54) is 42.0 Å². The highest BCUT2D eigenvalue weighted by Crippen LogP contribution is 2.22. The first kappa shape index (κ1) is 10.5. The zero-order valence-corrected chi connectivity index (χ0v) is 9.97. The molecule has 2 aromatic carbocycles. The largest absolute Gasteiger partial charge is 0.289 e. The van der Waals surface area contributed by atoms with Gasteiger partial charge in [-0.25, -0.2) is 0 Å². The lowest BCUT2D eigenvalue weighted by molar-refractivity contribution is 0.710. The molecule has 0 heterocycles. The summed E-state index contributed by atoms with van der Waals surface area (Å²) < 4.78 is 0. The average molecular weight is 223 g/mol. The first-order chi connectivity index (χ1) is 8.43. The van der Waals surface area contributed by atoms with Crippen LogP contribution < -0.4 is 0 Å². The zero-order valence-electron chi connectivity index (χ0n) is 9.97. The highest BCUT2D eigenvalue weighted by molar-refractivity contribution is 5.99. The van der Waals surface area contributed by atoms with Crippen molar-refractivity contribution in [3.63, 3.8) is 0 Å². The van der Waals surface area contributed by atoms with Crippen LogP contribution in [-0.2, 0) is 0 Å². The predicted molar refractivity (Wildman–Crippen MR) is 73.8 cm³/mol. The Kier molecular flexibility index (Phi) is 2.91. The summed E-state index contributed by atoms with van der Waals surface area (Å²) >= 11 is 0. The molecule has 86 valence electrons. The molecule has 0 N–H and O–H groups in total. The van der Waals surface area contributed by atoms with E-state index >= 15 is 0 Å². The minimum atomic E-state index is 0.564. The monoisotopic (exact) mass is 223 g/mol. The maximum atomic E-state index is 4.72. The normalized spacial score (nSPS) is 17.2. The summed E-state index contributed by atoms with van der Waals surface area (Å²) in [6.07, 6.45) is 7.29.